The molecule has 0 spiro atoms. The minimum absolute atomic E-state index is 0.0595. The van der Waals surface area contributed by atoms with Crippen molar-refractivity contribution < 1.29 is 9.84 Å². The minimum Gasteiger partial charge on any atom is -0.496 e. The monoisotopic (exact) mass is 330 g/mol. The standard InChI is InChI=1S/C18H26N4O2/c1-13-4-5-18(24-3)17(10-13)14(2)22-12-15(19-20-22)11-21-8-6-16(23)7-9-21/h4-5,10,12,14,16,23H,6-9,11H2,1-3H3/t14-/m0/s1. The Bertz CT molecular complexity index is 677. The van der Waals surface area contributed by atoms with E-state index >= 15 is 0 Å². The van der Waals surface area contributed by atoms with Crippen LogP contribution in [0, 0.1) is 6.92 Å². The van der Waals surface area contributed by atoms with Gasteiger partial charge in [-0.2, -0.15) is 0 Å². The highest BCUT2D eigenvalue weighted by Gasteiger charge is 2.19. The van der Waals surface area contributed by atoms with E-state index in [4.69, 9.17) is 4.74 Å². The van der Waals surface area contributed by atoms with Crippen molar-refractivity contribution in [2.75, 3.05) is 20.2 Å². The maximum Gasteiger partial charge on any atom is 0.124 e. The van der Waals surface area contributed by atoms with E-state index in [2.05, 4.69) is 35.1 Å². The molecule has 1 aromatic heterocycles. The van der Waals surface area contributed by atoms with Crippen LogP contribution in [0.2, 0.25) is 0 Å². The van der Waals surface area contributed by atoms with Crippen LogP contribution in [0.4, 0.5) is 0 Å². The van der Waals surface area contributed by atoms with Crippen LogP contribution in [0.1, 0.15) is 42.6 Å². The second-order valence-corrected chi connectivity index (χ2v) is 6.62. The van der Waals surface area contributed by atoms with Gasteiger partial charge in [-0.05, 0) is 32.8 Å². The van der Waals surface area contributed by atoms with Crippen LogP contribution in [-0.4, -0.2) is 51.3 Å². The molecule has 3 rings (SSSR count). The van der Waals surface area contributed by atoms with E-state index in [9.17, 15) is 5.11 Å². The van der Waals surface area contributed by atoms with Crippen LogP contribution >= 0.6 is 0 Å². The largest absolute Gasteiger partial charge is 0.496 e. The van der Waals surface area contributed by atoms with Crippen molar-refractivity contribution in [1.82, 2.24) is 19.9 Å². The summed E-state index contributed by atoms with van der Waals surface area (Å²) in [5, 5.41) is 18.2. The third-order valence-electron chi connectivity index (χ3n) is 4.73. The molecule has 0 unspecified atom stereocenters. The number of aliphatic hydroxyl groups excluding tert-OH is 1. The summed E-state index contributed by atoms with van der Waals surface area (Å²) in [6.07, 6.45) is 3.54. The molecule has 1 saturated heterocycles. The Balaban J connectivity index is 1.72. The molecule has 0 amide bonds. The molecule has 1 atom stereocenters. The molecule has 6 heteroatoms. The molecule has 1 aliphatic heterocycles. The van der Waals surface area contributed by atoms with Crippen LogP contribution in [0.5, 0.6) is 5.75 Å². The number of aliphatic hydroxyl groups is 1. The molecule has 130 valence electrons. The summed E-state index contributed by atoms with van der Waals surface area (Å²) in [7, 11) is 1.69. The Morgan fingerprint density at radius 2 is 2.08 bits per heavy atom. The number of aromatic nitrogens is 3. The highest BCUT2D eigenvalue weighted by Crippen LogP contribution is 2.28. The summed E-state index contributed by atoms with van der Waals surface area (Å²) >= 11 is 0. The average Bonchev–Trinajstić information content (AvgIpc) is 3.05. The zero-order chi connectivity index (χ0) is 17.1. The van der Waals surface area contributed by atoms with Gasteiger partial charge in [0.15, 0.2) is 0 Å². The predicted octanol–water partition coefficient (Wildman–Crippen LogP) is 2.16. The lowest BCUT2D eigenvalue weighted by molar-refractivity contribution is 0.0786. The first-order chi connectivity index (χ1) is 11.6. The molecular weight excluding hydrogens is 304 g/mol. The van der Waals surface area contributed by atoms with Gasteiger partial charge >= 0.3 is 0 Å². The summed E-state index contributed by atoms with van der Waals surface area (Å²) < 4.78 is 7.38. The van der Waals surface area contributed by atoms with E-state index in [0.29, 0.717) is 0 Å². The van der Waals surface area contributed by atoms with Gasteiger partial charge in [-0.15, -0.1) is 5.10 Å². The number of hydrogen-bond donors (Lipinski definition) is 1. The number of hydrogen-bond acceptors (Lipinski definition) is 5. The zero-order valence-corrected chi connectivity index (χ0v) is 14.6. The highest BCUT2D eigenvalue weighted by atomic mass is 16.5. The van der Waals surface area contributed by atoms with Crippen LogP contribution in [0.25, 0.3) is 0 Å². The number of nitrogens with zero attached hydrogens (tertiary/aromatic N) is 4. The van der Waals surface area contributed by atoms with Gasteiger partial charge in [0.05, 0.1) is 31.1 Å². The van der Waals surface area contributed by atoms with Crippen molar-refractivity contribution >= 4 is 0 Å². The molecule has 0 bridgehead atoms. The number of ether oxygens (including phenoxy) is 1. The Morgan fingerprint density at radius 3 is 2.79 bits per heavy atom. The molecule has 1 fully saturated rings. The molecule has 2 aromatic rings. The lowest BCUT2D eigenvalue weighted by Gasteiger charge is -2.28. The van der Waals surface area contributed by atoms with Gasteiger partial charge in [0.1, 0.15) is 5.75 Å². The fourth-order valence-corrected chi connectivity index (χ4v) is 3.20. The third kappa shape index (κ3) is 3.76. The zero-order valence-electron chi connectivity index (χ0n) is 14.6. The molecule has 0 aliphatic carbocycles. The quantitative estimate of drug-likeness (QED) is 0.910. The van der Waals surface area contributed by atoms with E-state index in [-0.39, 0.29) is 12.1 Å². The lowest BCUT2D eigenvalue weighted by atomic mass is 10.0. The maximum absolute atomic E-state index is 9.60. The van der Waals surface area contributed by atoms with Gasteiger partial charge in [-0.1, -0.05) is 22.9 Å². The van der Waals surface area contributed by atoms with Crippen molar-refractivity contribution in [3.05, 3.63) is 41.2 Å². The second-order valence-electron chi connectivity index (χ2n) is 6.62. The van der Waals surface area contributed by atoms with E-state index in [1.165, 1.54) is 5.56 Å². The van der Waals surface area contributed by atoms with Gasteiger partial charge in [-0.25, -0.2) is 4.68 Å². The summed E-state index contributed by atoms with van der Waals surface area (Å²) in [6, 6.07) is 6.24. The number of piperidine rings is 1. The molecule has 24 heavy (non-hydrogen) atoms. The van der Waals surface area contributed by atoms with E-state index in [0.717, 1.165) is 49.5 Å². The number of methoxy groups -OCH3 is 1. The summed E-state index contributed by atoms with van der Waals surface area (Å²) in [5.74, 6) is 0.871. The van der Waals surface area contributed by atoms with Crippen LogP contribution in [0.3, 0.4) is 0 Å². The molecule has 0 saturated carbocycles. The highest BCUT2D eigenvalue weighted by molar-refractivity contribution is 5.39. The third-order valence-corrected chi connectivity index (χ3v) is 4.73. The van der Waals surface area contributed by atoms with E-state index < -0.39 is 0 Å². The van der Waals surface area contributed by atoms with Crippen molar-refractivity contribution in [2.45, 2.75) is 45.4 Å². The lowest BCUT2D eigenvalue weighted by Crippen LogP contribution is -2.35. The molecule has 1 aliphatic rings. The fourth-order valence-electron chi connectivity index (χ4n) is 3.20. The first kappa shape index (κ1) is 16.9. The van der Waals surface area contributed by atoms with Gasteiger partial charge in [-0.3, -0.25) is 4.90 Å². The van der Waals surface area contributed by atoms with Gasteiger partial charge in [0.25, 0.3) is 0 Å². The summed E-state index contributed by atoms with van der Waals surface area (Å²) in [5.41, 5.74) is 3.27. The van der Waals surface area contributed by atoms with Gasteiger partial charge in [0, 0.05) is 25.2 Å². The normalized spacial score (nSPS) is 17.8. The Hall–Kier alpha value is -1.92. The Kier molecular flexibility index (Phi) is 5.16. The summed E-state index contributed by atoms with van der Waals surface area (Å²) in [4.78, 5) is 2.32. The predicted molar refractivity (Wildman–Crippen MR) is 92.1 cm³/mol. The van der Waals surface area contributed by atoms with Crippen molar-refractivity contribution in [3.63, 3.8) is 0 Å². The molecule has 1 N–H and O–H groups in total. The van der Waals surface area contributed by atoms with Crippen molar-refractivity contribution in [3.8, 4) is 5.75 Å². The molecule has 1 aromatic carbocycles. The Labute approximate surface area is 143 Å². The molecule has 0 radical (unpaired) electrons. The Morgan fingerprint density at radius 1 is 1.33 bits per heavy atom. The van der Waals surface area contributed by atoms with Crippen LogP contribution in [0.15, 0.2) is 24.4 Å². The van der Waals surface area contributed by atoms with Crippen LogP contribution < -0.4 is 4.74 Å². The SMILES string of the molecule is COc1ccc(C)cc1[C@H](C)n1cc(CN2CCC(O)CC2)nn1. The smallest absolute Gasteiger partial charge is 0.124 e. The fraction of sp³-hybridized carbons (Fsp3) is 0.556. The maximum atomic E-state index is 9.60. The summed E-state index contributed by atoms with van der Waals surface area (Å²) in [6.45, 7) is 6.79. The van der Waals surface area contributed by atoms with Gasteiger partial charge < -0.3 is 9.84 Å². The average molecular weight is 330 g/mol. The number of rotatable bonds is 5. The van der Waals surface area contributed by atoms with E-state index in [1.54, 1.807) is 7.11 Å². The number of benzene rings is 1. The van der Waals surface area contributed by atoms with E-state index in [1.807, 2.05) is 23.0 Å². The number of aryl methyl sites for hydroxylation is 1. The topological polar surface area (TPSA) is 63.4 Å². The first-order valence-corrected chi connectivity index (χ1v) is 8.52. The second kappa shape index (κ2) is 7.32. The van der Waals surface area contributed by atoms with Crippen molar-refractivity contribution in [2.24, 2.45) is 0 Å². The van der Waals surface area contributed by atoms with Crippen molar-refractivity contribution in [1.29, 1.82) is 0 Å². The molecule has 6 nitrogen and oxygen atoms in total. The first-order valence-electron chi connectivity index (χ1n) is 8.52. The minimum atomic E-state index is -0.147. The molecular formula is C18H26N4O2. The van der Waals surface area contributed by atoms with Crippen LogP contribution in [-0.2, 0) is 6.54 Å². The molecule has 2 heterocycles. The number of likely N-dealkylation sites (tertiary alicyclic amines) is 1. The van der Waals surface area contributed by atoms with Gasteiger partial charge in [0.2, 0.25) is 0 Å².